The molecule has 0 amide bonds. The van der Waals surface area contributed by atoms with E-state index in [1.54, 1.807) is 6.26 Å². The fourth-order valence-corrected chi connectivity index (χ4v) is 2.49. The summed E-state index contributed by atoms with van der Waals surface area (Å²) in [7, 11) is 0. The zero-order valence-corrected chi connectivity index (χ0v) is 10.8. The van der Waals surface area contributed by atoms with Crippen LogP contribution in [0.1, 0.15) is 15.9 Å². The number of aromatic carboxylic acids is 1. The molecule has 102 valence electrons. The van der Waals surface area contributed by atoms with Gasteiger partial charge in [0.2, 0.25) is 0 Å². The van der Waals surface area contributed by atoms with Crippen molar-refractivity contribution in [3.8, 4) is 17.0 Å². The van der Waals surface area contributed by atoms with Crippen molar-refractivity contribution in [1.82, 2.24) is 9.97 Å². The summed E-state index contributed by atoms with van der Waals surface area (Å²) in [5.41, 5.74) is 3.67. The molecule has 4 rings (SSSR count). The summed E-state index contributed by atoms with van der Waals surface area (Å²) >= 11 is 0. The standard InChI is InChI=1S/C16H10N2O3/c19-16(20)11-7-14-15(18-8-11)12-5-10-1-3-17-13(10)6-9(12)2-4-21-14/h1-8,17H,(H,19,20). The van der Waals surface area contributed by atoms with Crippen LogP contribution in [0.3, 0.4) is 0 Å². The smallest absolute Gasteiger partial charge is 0.337 e. The van der Waals surface area contributed by atoms with Gasteiger partial charge in [-0.2, -0.15) is 0 Å². The van der Waals surface area contributed by atoms with E-state index in [0.29, 0.717) is 11.4 Å². The topological polar surface area (TPSA) is 75.2 Å². The summed E-state index contributed by atoms with van der Waals surface area (Å²) < 4.78 is 5.51. The first-order valence-electron chi connectivity index (χ1n) is 6.40. The van der Waals surface area contributed by atoms with Crippen molar-refractivity contribution < 1.29 is 14.6 Å². The van der Waals surface area contributed by atoms with Gasteiger partial charge in [-0.3, -0.25) is 4.98 Å². The number of carbonyl (C=O) groups is 1. The maximum absolute atomic E-state index is 11.0. The number of pyridine rings is 1. The van der Waals surface area contributed by atoms with Crippen LogP contribution in [-0.2, 0) is 0 Å². The third-order valence-electron chi connectivity index (χ3n) is 3.52. The number of aromatic nitrogens is 2. The van der Waals surface area contributed by atoms with Gasteiger partial charge in [-0.05, 0) is 35.9 Å². The molecule has 2 N–H and O–H groups in total. The summed E-state index contributed by atoms with van der Waals surface area (Å²) in [6.07, 6.45) is 6.62. The number of aromatic amines is 1. The highest BCUT2D eigenvalue weighted by molar-refractivity contribution is 5.93. The van der Waals surface area contributed by atoms with Crippen LogP contribution in [0.15, 0.2) is 42.9 Å². The quantitative estimate of drug-likeness (QED) is 0.716. The first-order valence-corrected chi connectivity index (χ1v) is 6.40. The number of nitrogens with one attached hydrogen (secondary N) is 1. The molecule has 5 nitrogen and oxygen atoms in total. The number of H-pyrrole nitrogens is 1. The van der Waals surface area contributed by atoms with Crippen LogP contribution in [-0.4, -0.2) is 21.0 Å². The zero-order chi connectivity index (χ0) is 14.4. The molecule has 1 aliphatic rings. The number of rotatable bonds is 1. The van der Waals surface area contributed by atoms with Gasteiger partial charge >= 0.3 is 5.97 Å². The largest absolute Gasteiger partial charge is 0.478 e. The van der Waals surface area contributed by atoms with E-state index in [-0.39, 0.29) is 5.56 Å². The SMILES string of the molecule is O=C(O)c1cnc2c(c1)OC=Cc1cc3[nH]ccc3cc1-2. The van der Waals surface area contributed by atoms with Crippen molar-refractivity contribution in [2.75, 3.05) is 0 Å². The van der Waals surface area contributed by atoms with Crippen molar-refractivity contribution in [1.29, 1.82) is 0 Å². The Morgan fingerprint density at radius 2 is 2.19 bits per heavy atom. The van der Waals surface area contributed by atoms with Gasteiger partial charge in [0.05, 0.1) is 11.8 Å². The monoisotopic (exact) mass is 278 g/mol. The maximum Gasteiger partial charge on any atom is 0.337 e. The molecule has 0 radical (unpaired) electrons. The van der Waals surface area contributed by atoms with Crippen molar-refractivity contribution in [2.45, 2.75) is 0 Å². The van der Waals surface area contributed by atoms with Gasteiger partial charge in [-0.15, -0.1) is 0 Å². The molecule has 0 unspecified atom stereocenters. The Balaban J connectivity index is 2.00. The molecule has 3 heterocycles. The number of fused-ring (bicyclic) bond motifs is 4. The molecule has 0 bridgehead atoms. The maximum atomic E-state index is 11.0. The van der Waals surface area contributed by atoms with Crippen LogP contribution in [0, 0.1) is 0 Å². The number of hydrogen-bond donors (Lipinski definition) is 2. The Bertz CT molecular complexity index is 909. The molecule has 2 aromatic heterocycles. The molecule has 21 heavy (non-hydrogen) atoms. The first-order chi connectivity index (χ1) is 10.2. The minimum Gasteiger partial charge on any atom is -0.478 e. The number of carboxylic acids is 1. The van der Waals surface area contributed by atoms with Gasteiger partial charge in [-0.25, -0.2) is 4.79 Å². The van der Waals surface area contributed by atoms with E-state index in [0.717, 1.165) is 22.0 Å². The van der Waals surface area contributed by atoms with Gasteiger partial charge in [0.25, 0.3) is 0 Å². The van der Waals surface area contributed by atoms with Gasteiger partial charge in [0, 0.05) is 28.9 Å². The minimum absolute atomic E-state index is 0.105. The van der Waals surface area contributed by atoms with E-state index in [1.165, 1.54) is 12.3 Å². The zero-order valence-electron chi connectivity index (χ0n) is 10.8. The third-order valence-corrected chi connectivity index (χ3v) is 3.52. The van der Waals surface area contributed by atoms with Crippen molar-refractivity contribution >= 4 is 22.9 Å². The molecule has 0 aliphatic carbocycles. The van der Waals surface area contributed by atoms with Gasteiger partial charge < -0.3 is 14.8 Å². The number of carboxylic acid groups (broad SMARTS) is 1. The number of ether oxygens (including phenoxy) is 1. The Kier molecular flexibility index (Phi) is 2.35. The second-order valence-electron chi connectivity index (χ2n) is 4.80. The summed E-state index contributed by atoms with van der Waals surface area (Å²) in [6.45, 7) is 0. The normalized spacial score (nSPS) is 12.4. The highest BCUT2D eigenvalue weighted by Crippen LogP contribution is 2.36. The molecule has 0 saturated carbocycles. The highest BCUT2D eigenvalue weighted by atomic mass is 16.5. The Morgan fingerprint density at radius 3 is 3.05 bits per heavy atom. The second-order valence-corrected chi connectivity index (χ2v) is 4.80. The van der Waals surface area contributed by atoms with Crippen LogP contribution >= 0.6 is 0 Å². The van der Waals surface area contributed by atoms with Crippen LogP contribution in [0.4, 0.5) is 0 Å². The molecular formula is C16H10N2O3. The third kappa shape index (κ3) is 1.79. The molecule has 0 spiro atoms. The minimum atomic E-state index is -1.02. The molecule has 1 aromatic carbocycles. The van der Waals surface area contributed by atoms with E-state index in [4.69, 9.17) is 9.84 Å². The van der Waals surface area contributed by atoms with E-state index < -0.39 is 5.97 Å². The number of benzene rings is 1. The average Bonchev–Trinajstić information content (AvgIpc) is 2.85. The lowest BCUT2D eigenvalue weighted by atomic mass is 10.0. The van der Waals surface area contributed by atoms with E-state index in [9.17, 15) is 4.79 Å². The van der Waals surface area contributed by atoms with Crippen LogP contribution in [0.2, 0.25) is 0 Å². The fourth-order valence-electron chi connectivity index (χ4n) is 2.49. The van der Waals surface area contributed by atoms with Crippen molar-refractivity contribution in [3.05, 3.63) is 54.0 Å². The van der Waals surface area contributed by atoms with E-state index in [1.807, 2.05) is 30.5 Å². The predicted octanol–water partition coefficient (Wildman–Crippen LogP) is 3.29. The van der Waals surface area contributed by atoms with Gasteiger partial charge in [-0.1, -0.05) is 0 Å². The summed E-state index contributed by atoms with van der Waals surface area (Å²) in [4.78, 5) is 18.5. The Hall–Kier alpha value is -3.08. The Morgan fingerprint density at radius 1 is 1.29 bits per heavy atom. The van der Waals surface area contributed by atoms with Crippen LogP contribution in [0.5, 0.6) is 5.75 Å². The van der Waals surface area contributed by atoms with E-state index >= 15 is 0 Å². The lowest BCUT2D eigenvalue weighted by molar-refractivity contribution is 0.0696. The number of nitrogens with zero attached hydrogens (tertiary/aromatic N) is 1. The van der Waals surface area contributed by atoms with Crippen LogP contribution < -0.4 is 4.74 Å². The second kappa shape index (κ2) is 4.21. The average molecular weight is 278 g/mol. The van der Waals surface area contributed by atoms with E-state index in [2.05, 4.69) is 9.97 Å². The lowest BCUT2D eigenvalue weighted by Crippen LogP contribution is -1.99. The summed E-state index contributed by atoms with van der Waals surface area (Å²) in [5, 5.41) is 10.1. The summed E-state index contributed by atoms with van der Waals surface area (Å²) in [6, 6.07) is 7.51. The highest BCUT2D eigenvalue weighted by Gasteiger charge is 2.17. The Labute approximate surface area is 119 Å². The molecule has 5 heteroatoms. The number of hydrogen-bond acceptors (Lipinski definition) is 3. The molecule has 1 aliphatic heterocycles. The fraction of sp³-hybridized carbons (Fsp3) is 0. The molecule has 0 atom stereocenters. The van der Waals surface area contributed by atoms with Gasteiger partial charge in [0.15, 0.2) is 5.75 Å². The molecule has 0 fully saturated rings. The molecular weight excluding hydrogens is 268 g/mol. The van der Waals surface area contributed by atoms with Crippen LogP contribution in [0.25, 0.3) is 28.2 Å². The summed E-state index contributed by atoms with van der Waals surface area (Å²) in [5.74, 6) is -0.580. The first kappa shape index (κ1) is 11.7. The van der Waals surface area contributed by atoms with Gasteiger partial charge in [0.1, 0.15) is 5.69 Å². The van der Waals surface area contributed by atoms with Crippen molar-refractivity contribution in [3.63, 3.8) is 0 Å². The predicted molar refractivity (Wildman–Crippen MR) is 78.2 cm³/mol. The molecule has 3 aromatic rings. The van der Waals surface area contributed by atoms with Crippen molar-refractivity contribution in [2.24, 2.45) is 0 Å². The lowest BCUT2D eigenvalue weighted by Gasteiger charge is -2.08. The molecule has 0 saturated heterocycles.